The molecule has 9 nitrogen and oxygen atoms in total. The fourth-order valence-corrected chi connectivity index (χ4v) is 3.34. The maximum atomic E-state index is 10.8. The summed E-state index contributed by atoms with van der Waals surface area (Å²) in [4.78, 5) is 20.6. The Bertz CT molecular complexity index is 1270. The van der Waals surface area contributed by atoms with Crippen molar-refractivity contribution in [3.8, 4) is 17.6 Å². The Morgan fingerprint density at radius 3 is 2.09 bits per heavy atom. The zero-order valence-corrected chi connectivity index (χ0v) is 18.8. The molecular formula is C23H16BrN3O6. The van der Waals surface area contributed by atoms with E-state index >= 15 is 0 Å². The fraction of sp³-hybridized carbons (Fsp3) is 0.0870. The predicted octanol–water partition coefficient (Wildman–Crippen LogP) is 5.92. The molecular weight excluding hydrogens is 494 g/mol. The van der Waals surface area contributed by atoms with Crippen LogP contribution >= 0.6 is 15.9 Å². The van der Waals surface area contributed by atoms with Crippen LogP contribution in [-0.4, -0.2) is 17.0 Å². The molecule has 0 spiro atoms. The number of methoxy groups -OCH3 is 1. The van der Waals surface area contributed by atoms with Crippen LogP contribution in [0.2, 0.25) is 0 Å². The number of halogens is 1. The lowest BCUT2D eigenvalue weighted by Crippen LogP contribution is -1.99. The van der Waals surface area contributed by atoms with Gasteiger partial charge in [0.25, 0.3) is 11.4 Å². The van der Waals surface area contributed by atoms with Gasteiger partial charge >= 0.3 is 0 Å². The van der Waals surface area contributed by atoms with Crippen molar-refractivity contribution >= 4 is 39.0 Å². The van der Waals surface area contributed by atoms with Gasteiger partial charge in [0.2, 0.25) is 0 Å². The van der Waals surface area contributed by atoms with Crippen LogP contribution in [0.25, 0.3) is 11.6 Å². The number of nitro benzene ring substituents is 2. The first-order chi connectivity index (χ1) is 15.8. The molecule has 10 heteroatoms. The third-order valence-electron chi connectivity index (χ3n) is 4.63. The number of non-ortho nitro benzene ring substituents is 2. The highest BCUT2D eigenvalue weighted by atomic mass is 79.9. The Balaban J connectivity index is 1.84. The lowest BCUT2D eigenvalue weighted by atomic mass is 10.0. The summed E-state index contributed by atoms with van der Waals surface area (Å²) in [7, 11) is 1.48. The summed E-state index contributed by atoms with van der Waals surface area (Å²) in [5.41, 5.74) is 2.17. The monoisotopic (exact) mass is 509 g/mol. The topological polar surface area (TPSA) is 129 Å². The van der Waals surface area contributed by atoms with Gasteiger partial charge in [-0.15, -0.1) is 0 Å². The Hall–Kier alpha value is -4.23. The Morgan fingerprint density at radius 2 is 1.58 bits per heavy atom. The summed E-state index contributed by atoms with van der Waals surface area (Å²) >= 11 is 3.47. The van der Waals surface area contributed by atoms with E-state index in [4.69, 9.17) is 9.47 Å². The maximum absolute atomic E-state index is 10.8. The molecule has 0 bridgehead atoms. The highest BCUT2D eigenvalue weighted by Gasteiger charge is 2.13. The van der Waals surface area contributed by atoms with Crippen LogP contribution in [-0.2, 0) is 6.61 Å². The second-order valence-corrected chi connectivity index (χ2v) is 7.56. The van der Waals surface area contributed by atoms with E-state index in [0.717, 1.165) is 5.56 Å². The van der Waals surface area contributed by atoms with Crippen molar-refractivity contribution in [1.82, 2.24) is 0 Å². The molecule has 0 saturated carbocycles. The van der Waals surface area contributed by atoms with E-state index in [2.05, 4.69) is 22.0 Å². The molecule has 0 unspecified atom stereocenters. The average molecular weight is 510 g/mol. The van der Waals surface area contributed by atoms with E-state index in [0.29, 0.717) is 32.7 Å². The van der Waals surface area contributed by atoms with Crippen molar-refractivity contribution in [2.75, 3.05) is 7.11 Å². The number of hydrogen-bond donors (Lipinski definition) is 0. The van der Waals surface area contributed by atoms with Crippen molar-refractivity contribution in [2.45, 2.75) is 6.61 Å². The summed E-state index contributed by atoms with van der Waals surface area (Å²) in [6.07, 6.45) is 1.63. The van der Waals surface area contributed by atoms with Gasteiger partial charge in [-0.1, -0.05) is 15.9 Å². The predicted molar refractivity (Wildman–Crippen MR) is 125 cm³/mol. The Morgan fingerprint density at radius 1 is 1.00 bits per heavy atom. The molecule has 0 aliphatic heterocycles. The summed E-state index contributed by atoms with van der Waals surface area (Å²) in [5, 5.41) is 31.2. The van der Waals surface area contributed by atoms with Crippen molar-refractivity contribution in [1.29, 1.82) is 5.26 Å². The van der Waals surface area contributed by atoms with E-state index in [-0.39, 0.29) is 18.0 Å². The summed E-state index contributed by atoms with van der Waals surface area (Å²) < 4.78 is 11.9. The van der Waals surface area contributed by atoms with Gasteiger partial charge < -0.3 is 9.47 Å². The van der Waals surface area contributed by atoms with Crippen LogP contribution in [0.4, 0.5) is 11.4 Å². The van der Waals surface area contributed by atoms with Crippen LogP contribution in [0.1, 0.15) is 16.7 Å². The molecule has 0 atom stereocenters. The van der Waals surface area contributed by atoms with Crippen LogP contribution in [0, 0.1) is 31.6 Å². The fourth-order valence-electron chi connectivity index (χ4n) is 2.91. The number of hydrogen-bond acceptors (Lipinski definition) is 7. The standard InChI is InChI=1S/C23H16BrN3O6/c1-32-22-11-17(10-18(13-25)16-4-8-20(9-5-16)27(30)31)21(24)12-23(22)33-14-15-2-6-19(7-3-15)26(28)29/h2-12H,14H2,1H3/b18-10-. The van der Waals surface area contributed by atoms with Gasteiger partial charge in [0.05, 0.1) is 28.6 Å². The Labute approximate surface area is 196 Å². The van der Waals surface area contributed by atoms with Gasteiger partial charge in [0.15, 0.2) is 11.5 Å². The van der Waals surface area contributed by atoms with Gasteiger partial charge in [0.1, 0.15) is 6.61 Å². The van der Waals surface area contributed by atoms with E-state index in [1.807, 2.05) is 0 Å². The van der Waals surface area contributed by atoms with Gasteiger partial charge in [-0.25, -0.2) is 0 Å². The molecule has 3 aromatic carbocycles. The van der Waals surface area contributed by atoms with Crippen LogP contribution in [0.3, 0.4) is 0 Å². The summed E-state index contributed by atoms with van der Waals surface area (Å²) in [6, 6.07) is 17.2. The quantitative estimate of drug-likeness (QED) is 0.159. The molecule has 33 heavy (non-hydrogen) atoms. The van der Waals surface area contributed by atoms with Crippen LogP contribution in [0.5, 0.6) is 11.5 Å². The van der Waals surface area contributed by atoms with Gasteiger partial charge in [-0.05, 0) is 59.2 Å². The lowest BCUT2D eigenvalue weighted by Gasteiger charge is -2.13. The second kappa shape index (κ2) is 10.4. The van der Waals surface area contributed by atoms with Crippen molar-refractivity contribution in [3.05, 3.63) is 102 Å². The number of allylic oxidation sites excluding steroid dienone is 1. The average Bonchev–Trinajstić information content (AvgIpc) is 2.82. The number of nitriles is 1. The molecule has 0 heterocycles. The molecule has 0 radical (unpaired) electrons. The molecule has 0 aromatic heterocycles. The maximum Gasteiger partial charge on any atom is 0.269 e. The molecule has 3 aromatic rings. The highest BCUT2D eigenvalue weighted by molar-refractivity contribution is 9.10. The normalized spacial score (nSPS) is 10.9. The van der Waals surface area contributed by atoms with E-state index in [1.165, 1.54) is 43.5 Å². The van der Waals surface area contributed by atoms with Crippen molar-refractivity contribution < 1.29 is 19.3 Å². The van der Waals surface area contributed by atoms with E-state index < -0.39 is 9.85 Å². The SMILES string of the molecule is COc1cc(/C=C(/C#N)c2ccc([N+](=O)[O-])cc2)c(Br)cc1OCc1ccc([N+](=O)[O-])cc1. The van der Waals surface area contributed by atoms with E-state index in [9.17, 15) is 25.5 Å². The number of benzene rings is 3. The molecule has 0 amide bonds. The first-order valence-corrected chi connectivity index (χ1v) is 10.2. The summed E-state index contributed by atoms with van der Waals surface area (Å²) in [6.45, 7) is 0.169. The molecule has 0 fully saturated rings. The molecule has 0 aliphatic carbocycles. The van der Waals surface area contributed by atoms with Gasteiger partial charge in [-0.3, -0.25) is 20.2 Å². The number of nitrogens with zero attached hydrogens (tertiary/aromatic N) is 3. The molecule has 0 aliphatic rings. The van der Waals surface area contributed by atoms with Gasteiger partial charge in [-0.2, -0.15) is 5.26 Å². The zero-order chi connectivity index (χ0) is 24.0. The smallest absolute Gasteiger partial charge is 0.269 e. The molecule has 166 valence electrons. The number of nitro groups is 2. The second-order valence-electron chi connectivity index (χ2n) is 6.71. The third kappa shape index (κ3) is 5.72. The van der Waals surface area contributed by atoms with Gasteiger partial charge in [0, 0.05) is 28.7 Å². The highest BCUT2D eigenvalue weighted by Crippen LogP contribution is 2.36. The lowest BCUT2D eigenvalue weighted by molar-refractivity contribution is -0.385. The van der Waals surface area contributed by atoms with E-state index in [1.54, 1.807) is 30.3 Å². The zero-order valence-electron chi connectivity index (χ0n) is 17.2. The Kier molecular flexibility index (Phi) is 7.38. The third-order valence-corrected chi connectivity index (χ3v) is 5.32. The number of ether oxygens (including phenoxy) is 2. The van der Waals surface area contributed by atoms with Crippen LogP contribution < -0.4 is 9.47 Å². The minimum Gasteiger partial charge on any atom is -0.493 e. The molecule has 3 rings (SSSR count). The summed E-state index contributed by atoms with van der Waals surface area (Å²) in [5.74, 6) is 0.862. The van der Waals surface area contributed by atoms with Crippen molar-refractivity contribution in [3.63, 3.8) is 0 Å². The first kappa shape index (κ1) is 23.4. The minimum atomic E-state index is -0.504. The van der Waals surface area contributed by atoms with Crippen LogP contribution in [0.15, 0.2) is 65.1 Å². The molecule has 0 N–H and O–H groups in total. The largest absolute Gasteiger partial charge is 0.493 e. The molecule has 0 saturated heterocycles. The van der Waals surface area contributed by atoms with Crippen molar-refractivity contribution in [2.24, 2.45) is 0 Å². The number of rotatable bonds is 8. The first-order valence-electron chi connectivity index (χ1n) is 9.42. The minimum absolute atomic E-state index is 0.00321.